The maximum Gasteiger partial charge on any atom is 0.219 e. The average molecular weight is 361 g/mol. The van der Waals surface area contributed by atoms with Crippen LogP contribution in [-0.2, 0) is 6.54 Å². The molecule has 0 saturated carbocycles. The summed E-state index contributed by atoms with van der Waals surface area (Å²) in [4.78, 5) is 4.15. The molecule has 4 heteroatoms. The number of imidazole rings is 1. The Bertz CT molecular complexity index is 629. The first kappa shape index (κ1) is 18.0. The summed E-state index contributed by atoms with van der Waals surface area (Å²) < 4.78 is 8.79. The van der Waals surface area contributed by atoms with Gasteiger partial charge < -0.3 is 4.74 Å². The van der Waals surface area contributed by atoms with Gasteiger partial charge in [0.1, 0.15) is 5.76 Å². The van der Waals surface area contributed by atoms with Gasteiger partial charge in [0.05, 0.1) is 19.1 Å². The quantitative estimate of drug-likeness (QED) is 0.463. The van der Waals surface area contributed by atoms with Crippen LogP contribution in [0.5, 0.6) is 5.88 Å². The van der Waals surface area contributed by atoms with Crippen LogP contribution in [0.15, 0.2) is 84.0 Å². The minimum Gasteiger partial charge on any atom is -0.439 e. The molecule has 0 spiro atoms. The lowest BCUT2D eigenvalue weighted by Crippen LogP contribution is -2.03. The van der Waals surface area contributed by atoms with Crippen molar-refractivity contribution in [1.82, 2.24) is 9.55 Å². The Balaban J connectivity index is 2.91. The number of hydrogen-bond acceptors (Lipinski definition) is 2. The van der Waals surface area contributed by atoms with E-state index in [0.717, 1.165) is 10.1 Å². The third-order valence-corrected chi connectivity index (χ3v) is 3.01. The maximum absolute atomic E-state index is 5.84. The van der Waals surface area contributed by atoms with Crippen molar-refractivity contribution in [3.8, 4) is 5.88 Å². The van der Waals surface area contributed by atoms with E-state index in [-0.39, 0.29) is 0 Å². The van der Waals surface area contributed by atoms with E-state index >= 15 is 0 Å². The molecule has 1 heterocycles. The standard InChI is InChI=1S/C18H21BrN2O/c1-5-8-9-16(6-2)13-21-14-20-12-18(21)22-17(7-3)11-10-15(4)19/h5-12,14H,1,3,13H2,2,4H3/b9-8-,15-10+,16-6+,17-11+. The van der Waals surface area contributed by atoms with Gasteiger partial charge >= 0.3 is 0 Å². The van der Waals surface area contributed by atoms with E-state index < -0.39 is 0 Å². The first-order valence-corrected chi connectivity index (χ1v) is 7.68. The highest BCUT2D eigenvalue weighted by Crippen LogP contribution is 2.17. The van der Waals surface area contributed by atoms with Crippen molar-refractivity contribution in [3.05, 3.63) is 84.0 Å². The zero-order chi connectivity index (χ0) is 16.4. The van der Waals surface area contributed by atoms with Crippen molar-refractivity contribution < 1.29 is 4.74 Å². The Kier molecular flexibility index (Phi) is 8.00. The zero-order valence-electron chi connectivity index (χ0n) is 13.0. The van der Waals surface area contributed by atoms with Crippen LogP contribution in [-0.4, -0.2) is 9.55 Å². The highest BCUT2D eigenvalue weighted by Gasteiger charge is 2.05. The topological polar surface area (TPSA) is 27.1 Å². The van der Waals surface area contributed by atoms with Crippen molar-refractivity contribution >= 4 is 15.9 Å². The molecule has 0 atom stereocenters. The van der Waals surface area contributed by atoms with Crippen LogP contribution in [0.4, 0.5) is 0 Å². The molecule has 0 saturated heterocycles. The molecule has 0 aliphatic rings. The van der Waals surface area contributed by atoms with Gasteiger partial charge in [-0.1, -0.05) is 53.4 Å². The number of rotatable bonds is 8. The molecule has 116 valence electrons. The minimum atomic E-state index is 0.657. The molecule has 1 aromatic heterocycles. The molecule has 0 aliphatic carbocycles. The van der Waals surface area contributed by atoms with Gasteiger partial charge in [-0.15, -0.1) is 0 Å². The van der Waals surface area contributed by atoms with Crippen molar-refractivity contribution in [1.29, 1.82) is 0 Å². The largest absolute Gasteiger partial charge is 0.439 e. The molecule has 0 N–H and O–H groups in total. The highest BCUT2D eigenvalue weighted by molar-refractivity contribution is 9.11. The van der Waals surface area contributed by atoms with Crippen LogP contribution in [0.3, 0.4) is 0 Å². The fourth-order valence-electron chi connectivity index (χ4n) is 1.60. The van der Waals surface area contributed by atoms with Crippen molar-refractivity contribution in [2.24, 2.45) is 0 Å². The molecule has 0 unspecified atom stereocenters. The monoisotopic (exact) mass is 360 g/mol. The molecule has 0 bridgehead atoms. The first-order chi connectivity index (χ1) is 10.6. The predicted octanol–water partition coefficient (Wildman–Crippen LogP) is 5.32. The molecule has 3 nitrogen and oxygen atoms in total. The summed E-state index contributed by atoms with van der Waals surface area (Å²) in [7, 11) is 0. The predicted molar refractivity (Wildman–Crippen MR) is 96.9 cm³/mol. The summed E-state index contributed by atoms with van der Waals surface area (Å²) in [6, 6.07) is 0. The fourth-order valence-corrected chi connectivity index (χ4v) is 1.73. The molecular formula is C18H21BrN2O. The second-order valence-electron chi connectivity index (χ2n) is 4.45. The lowest BCUT2D eigenvalue weighted by Gasteiger charge is -2.10. The molecule has 0 amide bonds. The van der Waals surface area contributed by atoms with Crippen molar-refractivity contribution in [3.63, 3.8) is 0 Å². The molecule has 0 aromatic carbocycles. The molecule has 22 heavy (non-hydrogen) atoms. The van der Waals surface area contributed by atoms with E-state index in [0.29, 0.717) is 18.2 Å². The molecule has 0 aliphatic heterocycles. The molecule has 1 rings (SSSR count). The van der Waals surface area contributed by atoms with Gasteiger partial charge in [0, 0.05) is 0 Å². The third kappa shape index (κ3) is 6.14. The van der Waals surface area contributed by atoms with Gasteiger partial charge in [0.25, 0.3) is 0 Å². The van der Waals surface area contributed by atoms with Gasteiger partial charge in [-0.2, -0.15) is 0 Å². The van der Waals surface area contributed by atoms with E-state index in [1.165, 1.54) is 0 Å². The van der Waals surface area contributed by atoms with Gasteiger partial charge in [0.15, 0.2) is 0 Å². The Morgan fingerprint density at radius 2 is 2.18 bits per heavy atom. The molecule has 0 fully saturated rings. The Labute approximate surface area is 140 Å². The second kappa shape index (κ2) is 9.79. The fraction of sp³-hybridized carbons (Fsp3) is 0.167. The van der Waals surface area contributed by atoms with Gasteiger partial charge in [-0.05, 0) is 42.1 Å². The van der Waals surface area contributed by atoms with Crippen LogP contribution in [0.25, 0.3) is 0 Å². The molecular weight excluding hydrogens is 340 g/mol. The Hall–Kier alpha value is -2.07. The van der Waals surface area contributed by atoms with Crippen LogP contribution in [0.2, 0.25) is 0 Å². The SMILES string of the molecule is C=C/C=C\C(=C/C)Cn1cncc1O/C(C=C)=C/C=C(\C)Br. The Morgan fingerprint density at radius 1 is 1.41 bits per heavy atom. The Morgan fingerprint density at radius 3 is 2.77 bits per heavy atom. The number of hydrogen-bond donors (Lipinski definition) is 0. The minimum absolute atomic E-state index is 0.657. The van der Waals surface area contributed by atoms with Gasteiger partial charge in [0.2, 0.25) is 5.88 Å². The summed E-state index contributed by atoms with van der Waals surface area (Å²) in [6.07, 6.45) is 16.6. The summed E-state index contributed by atoms with van der Waals surface area (Å²) in [6.45, 7) is 12.1. The molecule has 1 aromatic rings. The van der Waals surface area contributed by atoms with E-state index in [1.54, 1.807) is 24.7 Å². The normalized spacial score (nSPS) is 13.5. The summed E-state index contributed by atoms with van der Waals surface area (Å²) in [5.41, 5.74) is 1.14. The number of halogens is 1. The summed E-state index contributed by atoms with van der Waals surface area (Å²) in [5.74, 6) is 1.32. The first-order valence-electron chi connectivity index (χ1n) is 6.89. The third-order valence-electron chi connectivity index (χ3n) is 2.75. The van der Waals surface area contributed by atoms with Crippen LogP contribution in [0, 0.1) is 0 Å². The maximum atomic E-state index is 5.84. The highest BCUT2D eigenvalue weighted by atomic mass is 79.9. The van der Waals surface area contributed by atoms with E-state index in [2.05, 4.69) is 34.1 Å². The second-order valence-corrected chi connectivity index (χ2v) is 5.70. The van der Waals surface area contributed by atoms with Crippen LogP contribution < -0.4 is 4.74 Å². The average Bonchev–Trinajstić information content (AvgIpc) is 2.94. The van der Waals surface area contributed by atoms with E-state index in [9.17, 15) is 0 Å². The van der Waals surface area contributed by atoms with Crippen molar-refractivity contribution in [2.75, 3.05) is 0 Å². The smallest absolute Gasteiger partial charge is 0.219 e. The lowest BCUT2D eigenvalue weighted by atomic mass is 10.2. The van der Waals surface area contributed by atoms with Gasteiger partial charge in [-0.3, -0.25) is 4.57 Å². The number of aromatic nitrogens is 2. The lowest BCUT2D eigenvalue weighted by molar-refractivity contribution is 0.404. The zero-order valence-corrected chi connectivity index (χ0v) is 14.6. The van der Waals surface area contributed by atoms with Gasteiger partial charge in [-0.25, -0.2) is 4.98 Å². The van der Waals surface area contributed by atoms with Crippen LogP contribution >= 0.6 is 15.9 Å². The summed E-state index contributed by atoms with van der Waals surface area (Å²) >= 11 is 3.38. The number of nitrogens with zero attached hydrogens (tertiary/aromatic N) is 2. The molecule has 0 radical (unpaired) electrons. The number of ether oxygens (including phenoxy) is 1. The summed E-state index contributed by atoms with van der Waals surface area (Å²) in [5, 5.41) is 0. The number of allylic oxidation sites excluding steroid dienone is 9. The van der Waals surface area contributed by atoms with E-state index in [4.69, 9.17) is 4.74 Å². The van der Waals surface area contributed by atoms with E-state index in [1.807, 2.05) is 48.8 Å². The van der Waals surface area contributed by atoms with Crippen molar-refractivity contribution in [2.45, 2.75) is 20.4 Å². The van der Waals surface area contributed by atoms with Crippen LogP contribution in [0.1, 0.15) is 13.8 Å².